The smallest absolute Gasteiger partial charge is 0.334 e. The summed E-state index contributed by atoms with van der Waals surface area (Å²) in [4.78, 5) is 21.3. The van der Waals surface area contributed by atoms with Crippen LogP contribution in [-0.4, -0.2) is 22.6 Å². The van der Waals surface area contributed by atoms with Crippen LogP contribution in [0.2, 0.25) is 0 Å². The molecule has 0 amide bonds. The van der Waals surface area contributed by atoms with E-state index in [0.29, 0.717) is 0 Å². The third-order valence-electron chi connectivity index (χ3n) is 1.05. The van der Waals surface area contributed by atoms with Gasteiger partial charge in [-0.25, -0.2) is 4.79 Å². The Morgan fingerprint density at radius 1 is 1.25 bits per heavy atom. The van der Waals surface area contributed by atoms with Crippen LogP contribution in [0.4, 0.5) is 0 Å². The summed E-state index contributed by atoms with van der Waals surface area (Å²) in [5, 5.41) is 8.36. The van der Waals surface area contributed by atoms with Gasteiger partial charge in [-0.2, -0.15) is 0 Å². The first-order valence-electron chi connectivity index (χ1n) is 5.26. The SMILES string of the molecule is C=C(CC(=O)O)C(=O)OC(C)(C)C.CCC. The van der Waals surface area contributed by atoms with Gasteiger partial charge in [-0.15, -0.1) is 0 Å². The van der Waals surface area contributed by atoms with Crippen molar-refractivity contribution in [1.29, 1.82) is 0 Å². The van der Waals surface area contributed by atoms with Crippen molar-refractivity contribution in [2.24, 2.45) is 0 Å². The van der Waals surface area contributed by atoms with Gasteiger partial charge in [0.2, 0.25) is 0 Å². The first-order valence-corrected chi connectivity index (χ1v) is 5.26. The molecular formula is C12H22O4. The number of aliphatic carboxylic acids is 1. The third-order valence-corrected chi connectivity index (χ3v) is 1.05. The molecule has 94 valence electrons. The predicted octanol–water partition coefficient (Wildman–Crippen LogP) is 2.78. The molecule has 0 spiro atoms. The quantitative estimate of drug-likeness (QED) is 0.598. The Morgan fingerprint density at radius 2 is 1.62 bits per heavy atom. The fourth-order valence-electron chi connectivity index (χ4n) is 0.605. The summed E-state index contributed by atoms with van der Waals surface area (Å²) in [6.07, 6.45) is 0.870. The van der Waals surface area contributed by atoms with E-state index in [9.17, 15) is 9.59 Å². The van der Waals surface area contributed by atoms with Crippen molar-refractivity contribution in [2.45, 2.75) is 53.1 Å². The molecule has 1 N–H and O–H groups in total. The lowest BCUT2D eigenvalue weighted by molar-refractivity contribution is -0.151. The molecule has 0 fully saturated rings. The maximum atomic E-state index is 11.1. The molecule has 0 atom stereocenters. The molecule has 0 heterocycles. The lowest BCUT2D eigenvalue weighted by Gasteiger charge is -2.19. The van der Waals surface area contributed by atoms with Gasteiger partial charge in [-0.05, 0) is 20.8 Å². The second-order valence-corrected chi connectivity index (χ2v) is 4.38. The van der Waals surface area contributed by atoms with Gasteiger partial charge in [0, 0.05) is 5.57 Å². The average molecular weight is 230 g/mol. The second kappa shape index (κ2) is 7.91. The van der Waals surface area contributed by atoms with Crippen LogP contribution >= 0.6 is 0 Å². The fourth-order valence-corrected chi connectivity index (χ4v) is 0.605. The minimum absolute atomic E-state index is 0.0394. The highest BCUT2D eigenvalue weighted by Crippen LogP contribution is 2.11. The fraction of sp³-hybridized carbons (Fsp3) is 0.667. The van der Waals surface area contributed by atoms with E-state index in [1.54, 1.807) is 20.8 Å². The Balaban J connectivity index is 0. The van der Waals surface area contributed by atoms with Gasteiger partial charge in [-0.3, -0.25) is 4.79 Å². The predicted molar refractivity (Wildman–Crippen MR) is 63.2 cm³/mol. The van der Waals surface area contributed by atoms with E-state index in [-0.39, 0.29) is 12.0 Å². The Labute approximate surface area is 97.3 Å². The van der Waals surface area contributed by atoms with Crippen molar-refractivity contribution in [3.05, 3.63) is 12.2 Å². The van der Waals surface area contributed by atoms with E-state index in [2.05, 4.69) is 20.4 Å². The highest BCUT2D eigenvalue weighted by Gasteiger charge is 2.19. The molecule has 0 aliphatic carbocycles. The number of esters is 1. The maximum Gasteiger partial charge on any atom is 0.334 e. The Morgan fingerprint density at radius 3 is 1.88 bits per heavy atom. The van der Waals surface area contributed by atoms with Crippen molar-refractivity contribution in [3.63, 3.8) is 0 Å². The largest absolute Gasteiger partial charge is 0.481 e. The summed E-state index contributed by atoms with van der Waals surface area (Å²) in [7, 11) is 0. The van der Waals surface area contributed by atoms with Crippen molar-refractivity contribution < 1.29 is 19.4 Å². The van der Waals surface area contributed by atoms with E-state index in [1.807, 2.05) is 0 Å². The van der Waals surface area contributed by atoms with Gasteiger partial charge in [-0.1, -0.05) is 26.8 Å². The molecule has 0 bridgehead atoms. The van der Waals surface area contributed by atoms with Crippen LogP contribution < -0.4 is 0 Å². The zero-order chi connectivity index (χ0) is 13.4. The Kier molecular flexibility index (Phi) is 8.44. The molecule has 0 unspecified atom stereocenters. The molecule has 0 aromatic rings. The van der Waals surface area contributed by atoms with Gasteiger partial charge in [0.15, 0.2) is 0 Å². The third kappa shape index (κ3) is 12.7. The molecule has 0 aromatic heterocycles. The Hall–Kier alpha value is -1.32. The first kappa shape index (κ1) is 17.1. The van der Waals surface area contributed by atoms with Crippen LogP contribution in [0, 0.1) is 0 Å². The molecule has 0 aliphatic heterocycles. The molecular weight excluding hydrogens is 208 g/mol. The number of hydrogen-bond donors (Lipinski definition) is 1. The van der Waals surface area contributed by atoms with Crippen LogP contribution in [0.25, 0.3) is 0 Å². The first-order chi connectivity index (χ1) is 7.14. The number of carbonyl (C=O) groups is 2. The average Bonchev–Trinajstić information content (AvgIpc) is 2.00. The number of rotatable bonds is 3. The molecule has 0 saturated heterocycles. The second-order valence-electron chi connectivity index (χ2n) is 4.38. The summed E-state index contributed by atoms with van der Waals surface area (Å²) < 4.78 is 4.90. The lowest BCUT2D eigenvalue weighted by Crippen LogP contribution is -2.25. The summed E-state index contributed by atoms with van der Waals surface area (Å²) in [5.41, 5.74) is -0.652. The van der Waals surface area contributed by atoms with Gasteiger partial charge in [0.05, 0.1) is 6.42 Å². The number of carboxylic acids is 1. The van der Waals surface area contributed by atoms with Gasteiger partial charge in [0.25, 0.3) is 0 Å². The lowest BCUT2D eigenvalue weighted by atomic mass is 10.1. The molecule has 0 saturated carbocycles. The maximum absolute atomic E-state index is 11.1. The zero-order valence-corrected chi connectivity index (χ0v) is 10.8. The van der Waals surface area contributed by atoms with Gasteiger partial charge >= 0.3 is 11.9 Å². The van der Waals surface area contributed by atoms with Crippen molar-refractivity contribution in [1.82, 2.24) is 0 Å². The van der Waals surface area contributed by atoms with Crippen LogP contribution in [0.5, 0.6) is 0 Å². The minimum Gasteiger partial charge on any atom is -0.481 e. The number of ether oxygens (including phenoxy) is 1. The number of hydrogen-bond acceptors (Lipinski definition) is 3. The van der Waals surface area contributed by atoms with E-state index in [1.165, 1.54) is 6.42 Å². The summed E-state index contributed by atoms with van der Waals surface area (Å²) >= 11 is 0. The standard InChI is InChI=1S/C9H14O4.C3H8/c1-6(5-7(10)11)8(12)13-9(2,3)4;1-3-2/h1,5H2,2-4H3,(H,10,11);3H2,1-2H3. The molecule has 0 rings (SSSR count). The molecule has 0 aliphatic rings. The molecule has 0 aromatic carbocycles. The van der Waals surface area contributed by atoms with Crippen molar-refractivity contribution >= 4 is 11.9 Å². The summed E-state index contributed by atoms with van der Waals surface area (Å²) in [6.45, 7) is 12.7. The van der Waals surface area contributed by atoms with Gasteiger partial charge in [0.1, 0.15) is 5.60 Å². The van der Waals surface area contributed by atoms with Gasteiger partial charge < -0.3 is 9.84 Å². The monoisotopic (exact) mass is 230 g/mol. The number of carboxylic acid groups (broad SMARTS) is 1. The van der Waals surface area contributed by atoms with Crippen molar-refractivity contribution in [2.75, 3.05) is 0 Å². The van der Waals surface area contributed by atoms with E-state index in [0.717, 1.165) is 0 Å². The van der Waals surface area contributed by atoms with Crippen molar-refractivity contribution in [3.8, 4) is 0 Å². The number of carbonyl (C=O) groups excluding carboxylic acids is 1. The summed E-state index contributed by atoms with van der Waals surface area (Å²) in [5.74, 6) is -1.74. The van der Waals surface area contributed by atoms with Crippen LogP contribution in [-0.2, 0) is 14.3 Å². The summed E-state index contributed by atoms with van der Waals surface area (Å²) in [6, 6.07) is 0. The van der Waals surface area contributed by atoms with E-state index < -0.39 is 17.5 Å². The molecule has 4 nitrogen and oxygen atoms in total. The van der Waals surface area contributed by atoms with Crippen LogP contribution in [0.3, 0.4) is 0 Å². The normalized spacial score (nSPS) is 9.81. The van der Waals surface area contributed by atoms with Crippen LogP contribution in [0.15, 0.2) is 12.2 Å². The highest BCUT2D eigenvalue weighted by molar-refractivity contribution is 5.92. The highest BCUT2D eigenvalue weighted by atomic mass is 16.6. The van der Waals surface area contributed by atoms with E-state index >= 15 is 0 Å². The topological polar surface area (TPSA) is 63.6 Å². The zero-order valence-electron chi connectivity index (χ0n) is 10.8. The van der Waals surface area contributed by atoms with E-state index in [4.69, 9.17) is 9.84 Å². The Bertz CT molecular complexity index is 248. The molecule has 4 heteroatoms. The molecule has 0 radical (unpaired) electrons. The minimum atomic E-state index is -1.09. The van der Waals surface area contributed by atoms with Crippen LogP contribution in [0.1, 0.15) is 47.5 Å². The molecule has 16 heavy (non-hydrogen) atoms.